The fourth-order valence-corrected chi connectivity index (χ4v) is 10.6. The zero-order valence-electron chi connectivity index (χ0n) is 34.2. The van der Waals surface area contributed by atoms with E-state index in [1.807, 2.05) is 66.7 Å². The highest BCUT2D eigenvalue weighted by atomic mass is 16.5. The fourth-order valence-electron chi connectivity index (χ4n) is 10.6. The maximum atomic E-state index is 6.99. The van der Waals surface area contributed by atoms with Crippen molar-refractivity contribution in [1.82, 2.24) is 19.5 Å². The van der Waals surface area contributed by atoms with Gasteiger partial charge in [-0.3, -0.25) is 0 Å². The lowest BCUT2D eigenvalue weighted by molar-refractivity contribution is 0.437. The fraction of sp³-hybridized carbons (Fsp3) is 0.0172. The summed E-state index contributed by atoms with van der Waals surface area (Å²) in [5, 5.41) is 4.32. The molecule has 1 aliphatic heterocycles. The van der Waals surface area contributed by atoms with Crippen LogP contribution in [0.3, 0.4) is 0 Å². The number of hydrogen-bond acceptors (Lipinski definition) is 5. The Morgan fingerprint density at radius 3 is 1.70 bits per heavy atom. The number of para-hydroxylation sites is 3. The summed E-state index contributed by atoms with van der Waals surface area (Å²) in [6, 6.07) is 72.5. The Hall–Kier alpha value is -8.61. The van der Waals surface area contributed by atoms with Crippen molar-refractivity contribution in [3.63, 3.8) is 0 Å². The van der Waals surface area contributed by atoms with Gasteiger partial charge in [-0.15, -0.1) is 0 Å². The molecule has 1 aliphatic carbocycles. The Labute approximate surface area is 367 Å². The molecule has 2 aliphatic rings. The Balaban J connectivity index is 0.979. The van der Waals surface area contributed by atoms with E-state index in [0.29, 0.717) is 17.5 Å². The van der Waals surface area contributed by atoms with Crippen molar-refractivity contribution in [2.24, 2.45) is 0 Å². The smallest absolute Gasteiger partial charge is 0.167 e. The van der Waals surface area contributed by atoms with Gasteiger partial charge in [0.2, 0.25) is 0 Å². The second-order valence-corrected chi connectivity index (χ2v) is 16.7. The summed E-state index contributed by atoms with van der Waals surface area (Å²) in [7, 11) is 0. The first-order valence-electron chi connectivity index (χ1n) is 21.6. The molecule has 0 fully saturated rings. The van der Waals surface area contributed by atoms with Gasteiger partial charge >= 0.3 is 0 Å². The van der Waals surface area contributed by atoms with Crippen molar-refractivity contribution < 1.29 is 9.15 Å². The predicted octanol–water partition coefficient (Wildman–Crippen LogP) is 14.3. The number of hydrogen-bond donors (Lipinski definition) is 0. The van der Waals surface area contributed by atoms with Gasteiger partial charge in [-0.05, 0) is 64.7 Å². The number of aromatic nitrogens is 4. The zero-order valence-corrected chi connectivity index (χ0v) is 34.2. The Morgan fingerprint density at radius 2 is 0.969 bits per heavy atom. The first-order chi connectivity index (χ1) is 31.7. The summed E-state index contributed by atoms with van der Waals surface area (Å²) < 4.78 is 16.1. The van der Waals surface area contributed by atoms with Gasteiger partial charge < -0.3 is 13.7 Å². The third-order valence-corrected chi connectivity index (χ3v) is 13.3. The van der Waals surface area contributed by atoms with E-state index < -0.39 is 5.41 Å². The van der Waals surface area contributed by atoms with Gasteiger partial charge in [0, 0.05) is 55.6 Å². The van der Waals surface area contributed by atoms with Crippen LogP contribution in [-0.2, 0) is 5.41 Å². The number of nitrogens with zero attached hydrogens (tertiary/aromatic N) is 4. The standard InChI is InChI=1S/C58H34N4O2/c1-3-16-35(17-4-1)55-59-56(36-18-5-2-6-19-36)61-57(60-55)42-24-15-23-41-44-32-37(30-31-51(44)64-54(41)42)62-49-28-13-9-22-40(49)43-33-48-53(34-50(43)62)63-52-29-14-12-27-47(52)58(48)45-25-10-7-20-38(45)39-21-8-11-26-46(39)58/h1-34H. The molecule has 4 heterocycles. The van der Waals surface area contributed by atoms with Crippen LogP contribution in [-0.4, -0.2) is 19.5 Å². The predicted molar refractivity (Wildman–Crippen MR) is 255 cm³/mol. The van der Waals surface area contributed by atoms with Gasteiger partial charge in [0.25, 0.3) is 0 Å². The SMILES string of the molecule is c1ccc(-c2nc(-c3ccccc3)nc(-c3cccc4c3oc3ccc(-n5c6ccccc6c6cc7c(cc65)Oc5ccccc5C75c6ccccc6-c6ccccc65)cc34)n2)cc1. The molecule has 0 saturated carbocycles. The van der Waals surface area contributed by atoms with E-state index >= 15 is 0 Å². The highest BCUT2D eigenvalue weighted by Crippen LogP contribution is 2.62. The molecule has 0 amide bonds. The molecule has 0 radical (unpaired) electrons. The highest BCUT2D eigenvalue weighted by molar-refractivity contribution is 6.13. The monoisotopic (exact) mass is 818 g/mol. The number of furan rings is 1. The second-order valence-electron chi connectivity index (χ2n) is 16.7. The number of ether oxygens (including phenoxy) is 1. The molecule has 3 aromatic heterocycles. The Kier molecular flexibility index (Phi) is 7.22. The Morgan fingerprint density at radius 1 is 0.375 bits per heavy atom. The topological polar surface area (TPSA) is 66.0 Å². The molecule has 6 heteroatoms. The maximum Gasteiger partial charge on any atom is 0.167 e. The minimum absolute atomic E-state index is 0.552. The van der Waals surface area contributed by atoms with E-state index in [9.17, 15) is 0 Å². The molecule has 298 valence electrons. The average molecular weight is 819 g/mol. The summed E-state index contributed by atoms with van der Waals surface area (Å²) in [4.78, 5) is 15.0. The van der Waals surface area contributed by atoms with E-state index in [2.05, 4.69) is 144 Å². The van der Waals surface area contributed by atoms with Crippen LogP contribution in [0, 0.1) is 0 Å². The Bertz CT molecular complexity index is 3780. The van der Waals surface area contributed by atoms with Crippen molar-refractivity contribution in [2.45, 2.75) is 5.41 Å². The van der Waals surface area contributed by atoms with E-state index in [4.69, 9.17) is 24.1 Å². The molecule has 9 aromatic carbocycles. The summed E-state index contributed by atoms with van der Waals surface area (Å²) in [6.45, 7) is 0. The largest absolute Gasteiger partial charge is 0.457 e. The first kappa shape index (κ1) is 35.0. The number of fused-ring (bicyclic) bond motifs is 15. The van der Waals surface area contributed by atoms with Crippen LogP contribution < -0.4 is 4.74 Å². The average Bonchev–Trinajstić information content (AvgIpc) is 4.00. The molecular formula is C58H34N4O2. The third kappa shape index (κ3) is 4.82. The summed E-state index contributed by atoms with van der Waals surface area (Å²) in [5.74, 6) is 3.48. The minimum Gasteiger partial charge on any atom is -0.457 e. The second kappa shape index (κ2) is 13.2. The molecule has 0 bridgehead atoms. The van der Waals surface area contributed by atoms with Gasteiger partial charge in [0.05, 0.1) is 22.0 Å². The first-order valence-corrected chi connectivity index (χ1v) is 21.6. The molecule has 1 spiro atoms. The summed E-state index contributed by atoms with van der Waals surface area (Å²) >= 11 is 0. The van der Waals surface area contributed by atoms with Crippen LogP contribution in [0.2, 0.25) is 0 Å². The third-order valence-electron chi connectivity index (χ3n) is 13.3. The van der Waals surface area contributed by atoms with Gasteiger partial charge in [-0.25, -0.2) is 15.0 Å². The van der Waals surface area contributed by atoms with Crippen LogP contribution >= 0.6 is 0 Å². The van der Waals surface area contributed by atoms with Crippen LogP contribution in [0.4, 0.5) is 0 Å². The van der Waals surface area contributed by atoms with Crippen LogP contribution in [0.25, 0.3) is 94.7 Å². The van der Waals surface area contributed by atoms with Crippen molar-refractivity contribution in [1.29, 1.82) is 0 Å². The number of benzene rings is 9. The normalized spacial score (nSPS) is 13.2. The lowest BCUT2D eigenvalue weighted by atomic mass is 9.66. The van der Waals surface area contributed by atoms with Crippen molar-refractivity contribution in [3.05, 3.63) is 229 Å². The molecule has 0 N–H and O–H groups in total. The van der Waals surface area contributed by atoms with E-state index in [1.165, 1.54) is 27.6 Å². The quantitative estimate of drug-likeness (QED) is 0.177. The van der Waals surface area contributed by atoms with Crippen LogP contribution in [0.1, 0.15) is 22.3 Å². The van der Waals surface area contributed by atoms with Crippen molar-refractivity contribution >= 4 is 43.7 Å². The molecule has 12 aromatic rings. The van der Waals surface area contributed by atoms with Crippen LogP contribution in [0.5, 0.6) is 11.5 Å². The molecule has 6 nitrogen and oxygen atoms in total. The molecular weight excluding hydrogens is 785 g/mol. The van der Waals surface area contributed by atoms with E-state index in [-0.39, 0.29) is 0 Å². The van der Waals surface area contributed by atoms with Crippen molar-refractivity contribution in [2.75, 3.05) is 0 Å². The van der Waals surface area contributed by atoms with Gasteiger partial charge in [0.15, 0.2) is 17.5 Å². The zero-order chi connectivity index (χ0) is 41.9. The maximum absolute atomic E-state index is 6.99. The number of rotatable bonds is 4. The molecule has 64 heavy (non-hydrogen) atoms. The highest BCUT2D eigenvalue weighted by Gasteiger charge is 2.51. The van der Waals surface area contributed by atoms with Gasteiger partial charge in [-0.2, -0.15) is 0 Å². The van der Waals surface area contributed by atoms with Gasteiger partial charge in [0.1, 0.15) is 22.7 Å². The molecule has 0 atom stereocenters. The lowest BCUT2D eigenvalue weighted by Gasteiger charge is -2.39. The van der Waals surface area contributed by atoms with Crippen molar-refractivity contribution in [3.8, 4) is 62.5 Å². The molecule has 14 rings (SSSR count). The molecule has 0 saturated heterocycles. The van der Waals surface area contributed by atoms with Gasteiger partial charge in [-0.1, -0.05) is 158 Å². The van der Waals surface area contributed by atoms with E-state index in [0.717, 1.165) is 83.4 Å². The summed E-state index contributed by atoms with van der Waals surface area (Å²) in [5.41, 5.74) is 14.2. The summed E-state index contributed by atoms with van der Waals surface area (Å²) in [6.07, 6.45) is 0. The van der Waals surface area contributed by atoms with E-state index in [1.54, 1.807) is 0 Å². The lowest BCUT2D eigenvalue weighted by Crippen LogP contribution is -2.32. The molecule has 0 unspecified atom stereocenters. The van der Waals surface area contributed by atoms with Crippen LogP contribution in [0.15, 0.2) is 211 Å². The minimum atomic E-state index is -0.552.